The number of rotatable bonds is 4. The lowest BCUT2D eigenvalue weighted by Gasteiger charge is -1.99. The molecule has 27 heavy (non-hydrogen) atoms. The van der Waals surface area contributed by atoms with E-state index < -0.39 is 5.97 Å². The highest BCUT2D eigenvalue weighted by atomic mass is 16.4. The molecule has 0 aliphatic heterocycles. The van der Waals surface area contributed by atoms with Crippen molar-refractivity contribution in [3.63, 3.8) is 0 Å². The van der Waals surface area contributed by atoms with Gasteiger partial charge in [-0.15, -0.1) is 0 Å². The summed E-state index contributed by atoms with van der Waals surface area (Å²) in [6.07, 6.45) is 3.76. The molecule has 0 saturated heterocycles. The summed E-state index contributed by atoms with van der Waals surface area (Å²) < 4.78 is 5.85. The van der Waals surface area contributed by atoms with Crippen molar-refractivity contribution in [2.75, 3.05) is 0 Å². The molecule has 4 aromatic rings. The van der Waals surface area contributed by atoms with Gasteiger partial charge in [-0.1, -0.05) is 48.5 Å². The van der Waals surface area contributed by atoms with Crippen LogP contribution in [0.25, 0.3) is 34.4 Å². The first-order valence-corrected chi connectivity index (χ1v) is 8.58. The molecular weight excluding hydrogens is 338 g/mol. The second-order valence-electron chi connectivity index (χ2n) is 6.28. The molecule has 4 heteroatoms. The topological polar surface area (TPSA) is 63.3 Å². The summed E-state index contributed by atoms with van der Waals surface area (Å²) in [5, 5.41) is 11.3. The summed E-state index contributed by atoms with van der Waals surface area (Å²) in [5.74, 6) is 0.383. The van der Waals surface area contributed by atoms with E-state index >= 15 is 0 Å². The summed E-state index contributed by atoms with van der Waals surface area (Å²) in [4.78, 5) is 15.5. The summed E-state index contributed by atoms with van der Waals surface area (Å²) in [6, 6.07) is 21.0. The molecule has 0 radical (unpaired) electrons. The van der Waals surface area contributed by atoms with Crippen LogP contribution in [0.5, 0.6) is 0 Å². The zero-order valence-corrected chi connectivity index (χ0v) is 14.7. The van der Waals surface area contributed by atoms with Crippen molar-refractivity contribution in [2.45, 2.75) is 6.92 Å². The third kappa shape index (κ3) is 3.51. The Balaban J connectivity index is 1.61. The fourth-order valence-electron chi connectivity index (χ4n) is 2.92. The molecule has 0 unspecified atom stereocenters. The van der Waals surface area contributed by atoms with Crippen LogP contribution in [0.3, 0.4) is 0 Å². The van der Waals surface area contributed by atoms with E-state index in [4.69, 9.17) is 9.52 Å². The van der Waals surface area contributed by atoms with Crippen LogP contribution in [0.2, 0.25) is 0 Å². The lowest BCUT2D eigenvalue weighted by atomic mass is 10.1. The number of hydrogen-bond acceptors (Lipinski definition) is 3. The van der Waals surface area contributed by atoms with E-state index in [1.165, 1.54) is 5.39 Å². The van der Waals surface area contributed by atoms with Gasteiger partial charge >= 0.3 is 5.97 Å². The van der Waals surface area contributed by atoms with Gasteiger partial charge in [0.1, 0.15) is 11.5 Å². The van der Waals surface area contributed by atoms with Crippen LogP contribution in [0.1, 0.15) is 27.4 Å². The van der Waals surface area contributed by atoms with E-state index in [0.717, 1.165) is 28.0 Å². The second kappa shape index (κ2) is 6.92. The number of benzene rings is 3. The monoisotopic (exact) mass is 355 g/mol. The Morgan fingerprint density at radius 2 is 1.70 bits per heavy atom. The van der Waals surface area contributed by atoms with Crippen molar-refractivity contribution in [2.24, 2.45) is 0 Å². The van der Waals surface area contributed by atoms with Crippen molar-refractivity contribution in [3.05, 3.63) is 89.3 Å². The SMILES string of the molecule is Cc1oc(-c2ccc3ccccc3c2)nc1C=Cc1ccc(C(=O)O)cc1. The van der Waals surface area contributed by atoms with Gasteiger partial charge < -0.3 is 9.52 Å². The van der Waals surface area contributed by atoms with Gasteiger partial charge in [-0.25, -0.2) is 9.78 Å². The summed E-state index contributed by atoms with van der Waals surface area (Å²) in [7, 11) is 0. The number of aromatic carboxylic acids is 1. The molecule has 0 amide bonds. The first-order chi connectivity index (χ1) is 13.1. The number of aromatic nitrogens is 1. The molecule has 0 aliphatic carbocycles. The average molecular weight is 355 g/mol. The third-order valence-electron chi connectivity index (χ3n) is 4.42. The van der Waals surface area contributed by atoms with Crippen LogP contribution >= 0.6 is 0 Å². The number of carboxylic acid groups (broad SMARTS) is 1. The Kier molecular flexibility index (Phi) is 4.30. The van der Waals surface area contributed by atoms with Gasteiger partial charge in [0, 0.05) is 5.56 Å². The lowest BCUT2D eigenvalue weighted by Crippen LogP contribution is -1.94. The quantitative estimate of drug-likeness (QED) is 0.512. The van der Waals surface area contributed by atoms with Crippen molar-refractivity contribution in [1.82, 2.24) is 4.98 Å². The molecule has 0 atom stereocenters. The Bertz CT molecular complexity index is 1150. The number of aryl methyl sites for hydroxylation is 1. The number of fused-ring (bicyclic) bond motifs is 1. The van der Waals surface area contributed by atoms with E-state index in [1.807, 2.05) is 37.3 Å². The molecular formula is C23H17NO3. The molecule has 1 aromatic heterocycles. The smallest absolute Gasteiger partial charge is 0.335 e. The number of oxazole rings is 1. The Morgan fingerprint density at radius 3 is 2.44 bits per heavy atom. The molecule has 4 rings (SSSR count). The van der Waals surface area contributed by atoms with Gasteiger partial charge in [-0.2, -0.15) is 0 Å². The molecule has 4 nitrogen and oxygen atoms in total. The molecule has 1 heterocycles. The second-order valence-corrected chi connectivity index (χ2v) is 6.28. The Hall–Kier alpha value is -3.66. The minimum Gasteiger partial charge on any atom is -0.478 e. The Labute approximate surface area is 156 Å². The molecule has 0 saturated carbocycles. The predicted octanol–water partition coefficient (Wildman–Crippen LogP) is 5.67. The van der Waals surface area contributed by atoms with E-state index in [9.17, 15) is 4.79 Å². The molecule has 0 aliphatic rings. The van der Waals surface area contributed by atoms with Crippen LogP contribution in [-0.2, 0) is 0 Å². The predicted molar refractivity (Wildman–Crippen MR) is 107 cm³/mol. The average Bonchev–Trinajstić information content (AvgIpc) is 3.07. The Morgan fingerprint density at radius 1 is 0.963 bits per heavy atom. The van der Waals surface area contributed by atoms with Crippen LogP contribution in [0.4, 0.5) is 0 Å². The van der Waals surface area contributed by atoms with Crippen LogP contribution in [0.15, 0.2) is 71.1 Å². The summed E-state index contributed by atoms with van der Waals surface area (Å²) in [6.45, 7) is 1.88. The van der Waals surface area contributed by atoms with Gasteiger partial charge in [0.2, 0.25) is 5.89 Å². The van der Waals surface area contributed by atoms with Crippen LogP contribution in [-0.4, -0.2) is 16.1 Å². The van der Waals surface area contributed by atoms with Crippen molar-refractivity contribution in [1.29, 1.82) is 0 Å². The molecule has 0 fully saturated rings. The van der Waals surface area contributed by atoms with Crippen molar-refractivity contribution in [3.8, 4) is 11.5 Å². The molecule has 0 bridgehead atoms. The van der Waals surface area contributed by atoms with Gasteiger partial charge in [-0.05, 0) is 53.6 Å². The first kappa shape index (κ1) is 16.8. The van der Waals surface area contributed by atoms with Gasteiger partial charge in [0.15, 0.2) is 0 Å². The highest BCUT2D eigenvalue weighted by Crippen LogP contribution is 2.26. The molecule has 1 N–H and O–H groups in total. The maximum absolute atomic E-state index is 10.9. The summed E-state index contributed by atoms with van der Waals surface area (Å²) >= 11 is 0. The maximum Gasteiger partial charge on any atom is 0.335 e. The first-order valence-electron chi connectivity index (χ1n) is 8.58. The van der Waals surface area contributed by atoms with E-state index in [-0.39, 0.29) is 5.56 Å². The third-order valence-corrected chi connectivity index (χ3v) is 4.42. The zero-order chi connectivity index (χ0) is 18.8. The van der Waals surface area contributed by atoms with E-state index in [1.54, 1.807) is 24.3 Å². The normalized spacial score (nSPS) is 11.3. The lowest BCUT2D eigenvalue weighted by molar-refractivity contribution is 0.0697. The standard InChI is InChI=1S/C23H17NO3/c1-15-21(13-8-16-6-9-18(10-7-16)23(25)26)24-22(27-15)20-12-11-17-4-2-3-5-19(17)14-20/h2-14H,1H3,(H,25,26). The van der Waals surface area contributed by atoms with Gasteiger partial charge in [-0.3, -0.25) is 0 Å². The van der Waals surface area contributed by atoms with E-state index in [2.05, 4.69) is 29.2 Å². The number of hydrogen-bond donors (Lipinski definition) is 1. The molecule has 3 aromatic carbocycles. The highest BCUT2D eigenvalue weighted by molar-refractivity contribution is 5.88. The number of carboxylic acids is 1. The van der Waals surface area contributed by atoms with Crippen LogP contribution < -0.4 is 0 Å². The molecule has 0 spiro atoms. The van der Waals surface area contributed by atoms with Crippen molar-refractivity contribution < 1.29 is 14.3 Å². The maximum atomic E-state index is 10.9. The molecule has 132 valence electrons. The number of nitrogens with zero attached hydrogens (tertiary/aromatic N) is 1. The zero-order valence-electron chi connectivity index (χ0n) is 14.7. The summed E-state index contributed by atoms with van der Waals surface area (Å²) in [5.41, 5.74) is 2.85. The largest absolute Gasteiger partial charge is 0.478 e. The van der Waals surface area contributed by atoms with E-state index in [0.29, 0.717) is 5.89 Å². The van der Waals surface area contributed by atoms with Gasteiger partial charge in [0.25, 0.3) is 0 Å². The number of carbonyl (C=O) groups is 1. The van der Waals surface area contributed by atoms with Gasteiger partial charge in [0.05, 0.1) is 5.56 Å². The fraction of sp³-hybridized carbons (Fsp3) is 0.0435. The fourth-order valence-corrected chi connectivity index (χ4v) is 2.92. The highest BCUT2D eigenvalue weighted by Gasteiger charge is 2.10. The minimum absolute atomic E-state index is 0.267. The van der Waals surface area contributed by atoms with Crippen LogP contribution in [0, 0.1) is 6.92 Å². The van der Waals surface area contributed by atoms with Crippen molar-refractivity contribution >= 4 is 28.9 Å². The minimum atomic E-state index is -0.932.